The fourth-order valence-electron chi connectivity index (χ4n) is 2.35. The van der Waals surface area contributed by atoms with Crippen LogP contribution in [0, 0.1) is 6.92 Å². The van der Waals surface area contributed by atoms with Gasteiger partial charge in [-0.1, -0.05) is 17.7 Å². The fourth-order valence-corrected chi connectivity index (χ4v) is 2.62. The Hall–Kier alpha value is -2.80. The van der Waals surface area contributed by atoms with Crippen LogP contribution in [0.3, 0.4) is 0 Å². The van der Waals surface area contributed by atoms with Crippen LogP contribution in [-0.4, -0.2) is 32.7 Å². The average Bonchev–Trinajstić information content (AvgIpc) is 2.92. The van der Waals surface area contributed by atoms with E-state index in [1.165, 1.54) is 6.08 Å². The second-order valence-electron chi connectivity index (χ2n) is 5.17. The SMILES string of the molecule is Cc1cc(Cl)cc2c1[nH]c1nc(N/N=C/CC/C=C\C=O)nnc12. The molecule has 0 bridgehead atoms. The summed E-state index contributed by atoms with van der Waals surface area (Å²) in [6.45, 7) is 1.97. The van der Waals surface area contributed by atoms with E-state index in [9.17, 15) is 4.79 Å². The summed E-state index contributed by atoms with van der Waals surface area (Å²) in [7, 11) is 0. The first-order chi connectivity index (χ1) is 11.7. The molecule has 0 atom stereocenters. The van der Waals surface area contributed by atoms with Crippen LogP contribution in [0.4, 0.5) is 5.95 Å². The first-order valence-electron chi connectivity index (χ1n) is 7.39. The van der Waals surface area contributed by atoms with E-state index in [4.69, 9.17) is 11.6 Å². The van der Waals surface area contributed by atoms with Crippen molar-refractivity contribution in [3.8, 4) is 0 Å². The number of hydrogen-bond acceptors (Lipinski definition) is 6. The largest absolute Gasteiger partial charge is 0.337 e. The minimum absolute atomic E-state index is 0.303. The van der Waals surface area contributed by atoms with E-state index in [0.717, 1.165) is 29.2 Å². The topological polar surface area (TPSA) is 95.9 Å². The molecule has 0 radical (unpaired) electrons. The Kier molecular flexibility index (Phi) is 4.81. The van der Waals surface area contributed by atoms with Crippen molar-refractivity contribution in [2.24, 2.45) is 5.10 Å². The van der Waals surface area contributed by atoms with Gasteiger partial charge < -0.3 is 4.98 Å². The molecule has 0 aliphatic carbocycles. The van der Waals surface area contributed by atoms with Crippen LogP contribution in [0.15, 0.2) is 29.4 Å². The minimum Gasteiger partial charge on any atom is -0.337 e. The summed E-state index contributed by atoms with van der Waals surface area (Å²) in [6, 6.07) is 3.73. The molecule has 7 nitrogen and oxygen atoms in total. The Morgan fingerprint density at radius 1 is 1.33 bits per heavy atom. The number of rotatable bonds is 6. The second kappa shape index (κ2) is 7.18. The van der Waals surface area contributed by atoms with Crippen molar-refractivity contribution in [3.05, 3.63) is 34.9 Å². The predicted octanol–water partition coefficient (Wildman–Crippen LogP) is 3.40. The molecule has 2 aromatic heterocycles. The maximum Gasteiger partial charge on any atom is 0.265 e. The van der Waals surface area contributed by atoms with Gasteiger partial charge in [0.1, 0.15) is 11.8 Å². The van der Waals surface area contributed by atoms with E-state index in [1.54, 1.807) is 12.3 Å². The molecule has 24 heavy (non-hydrogen) atoms. The molecular weight excluding hydrogens is 328 g/mol. The average molecular weight is 343 g/mol. The van der Waals surface area contributed by atoms with Crippen LogP contribution in [0.5, 0.6) is 0 Å². The van der Waals surface area contributed by atoms with Crippen LogP contribution >= 0.6 is 11.6 Å². The number of benzene rings is 1. The molecule has 2 heterocycles. The molecule has 0 aliphatic heterocycles. The van der Waals surface area contributed by atoms with Gasteiger partial charge in [-0.3, -0.25) is 4.79 Å². The Bertz CT molecular complexity index is 947. The number of aryl methyl sites for hydroxylation is 1. The molecule has 3 aromatic rings. The van der Waals surface area contributed by atoms with Crippen LogP contribution in [0.2, 0.25) is 5.02 Å². The summed E-state index contributed by atoms with van der Waals surface area (Å²) < 4.78 is 0. The normalized spacial score (nSPS) is 11.9. The Morgan fingerprint density at radius 3 is 3.04 bits per heavy atom. The van der Waals surface area contributed by atoms with Gasteiger partial charge in [-0.15, -0.1) is 10.2 Å². The van der Waals surface area contributed by atoms with Gasteiger partial charge in [-0.2, -0.15) is 10.1 Å². The zero-order valence-corrected chi connectivity index (χ0v) is 13.7. The standard InChI is InChI=1S/C16H15ClN6O/c1-10-8-11(17)9-12-13(10)19-15-14(12)21-23-16(20-15)22-18-6-4-2-3-5-7-24/h3,5-9H,2,4H2,1H3,(H2,19,20,22,23)/b5-3-,18-6+. The molecule has 0 fully saturated rings. The van der Waals surface area contributed by atoms with Crippen molar-refractivity contribution < 1.29 is 4.79 Å². The van der Waals surface area contributed by atoms with Gasteiger partial charge in [0.05, 0.1) is 5.52 Å². The third-order valence-corrected chi connectivity index (χ3v) is 3.64. The highest BCUT2D eigenvalue weighted by Crippen LogP contribution is 2.28. The van der Waals surface area contributed by atoms with Crippen LogP contribution in [-0.2, 0) is 4.79 Å². The third kappa shape index (κ3) is 3.41. The minimum atomic E-state index is 0.303. The Morgan fingerprint density at radius 2 is 2.21 bits per heavy atom. The molecule has 3 rings (SSSR count). The van der Waals surface area contributed by atoms with Crippen LogP contribution in [0.25, 0.3) is 22.1 Å². The molecule has 1 aromatic carbocycles. The summed E-state index contributed by atoms with van der Waals surface area (Å²) >= 11 is 6.10. The number of unbranched alkanes of at least 4 members (excludes halogenated alkanes) is 1. The van der Waals surface area contributed by atoms with Crippen molar-refractivity contribution in [1.29, 1.82) is 0 Å². The van der Waals surface area contributed by atoms with Gasteiger partial charge in [0, 0.05) is 16.6 Å². The highest BCUT2D eigenvalue weighted by Gasteiger charge is 2.11. The summed E-state index contributed by atoms with van der Waals surface area (Å²) in [5.41, 5.74) is 6.00. The maximum atomic E-state index is 10.1. The third-order valence-electron chi connectivity index (χ3n) is 3.42. The van der Waals surface area contributed by atoms with Crippen LogP contribution in [0.1, 0.15) is 18.4 Å². The molecule has 0 aliphatic rings. The fraction of sp³-hybridized carbons (Fsp3) is 0.188. The van der Waals surface area contributed by atoms with Gasteiger partial charge in [-0.25, -0.2) is 5.43 Å². The molecule has 8 heteroatoms. The number of aldehydes is 1. The molecule has 0 spiro atoms. The number of hydrazone groups is 1. The van der Waals surface area contributed by atoms with Crippen molar-refractivity contribution in [2.45, 2.75) is 19.8 Å². The highest BCUT2D eigenvalue weighted by atomic mass is 35.5. The number of carbonyl (C=O) groups is 1. The molecule has 0 saturated carbocycles. The lowest BCUT2D eigenvalue weighted by molar-refractivity contribution is -0.104. The molecule has 0 amide bonds. The Labute approximate surface area is 142 Å². The van der Waals surface area contributed by atoms with E-state index in [0.29, 0.717) is 28.6 Å². The summed E-state index contributed by atoms with van der Waals surface area (Å²) in [4.78, 5) is 17.7. The number of H-pyrrole nitrogens is 1. The predicted molar refractivity (Wildman–Crippen MR) is 95.5 cm³/mol. The zero-order chi connectivity index (χ0) is 16.9. The lowest BCUT2D eigenvalue weighted by Gasteiger charge is -1.97. The number of aromatic nitrogens is 4. The van der Waals surface area contributed by atoms with Crippen molar-refractivity contribution in [1.82, 2.24) is 20.2 Å². The van der Waals surface area contributed by atoms with Crippen molar-refractivity contribution in [2.75, 3.05) is 5.43 Å². The highest BCUT2D eigenvalue weighted by molar-refractivity contribution is 6.32. The maximum absolute atomic E-state index is 10.1. The number of nitrogens with one attached hydrogen (secondary N) is 2. The molecular formula is C16H15ClN6O. The quantitative estimate of drug-likeness (QED) is 0.235. The van der Waals surface area contributed by atoms with Crippen LogP contribution < -0.4 is 5.43 Å². The van der Waals surface area contributed by atoms with Gasteiger partial charge in [0.15, 0.2) is 5.65 Å². The number of hydrogen-bond donors (Lipinski definition) is 2. The number of carbonyl (C=O) groups excluding carboxylic acids is 1. The lowest BCUT2D eigenvalue weighted by Crippen LogP contribution is -1.98. The van der Waals surface area contributed by atoms with Crippen molar-refractivity contribution in [3.63, 3.8) is 0 Å². The van der Waals surface area contributed by atoms with E-state index in [-0.39, 0.29) is 0 Å². The smallest absolute Gasteiger partial charge is 0.265 e. The first kappa shape index (κ1) is 16.1. The van der Waals surface area contributed by atoms with Gasteiger partial charge >= 0.3 is 0 Å². The van der Waals surface area contributed by atoms with Crippen molar-refractivity contribution >= 4 is 52.1 Å². The van der Waals surface area contributed by atoms with Gasteiger partial charge in [0.25, 0.3) is 5.95 Å². The zero-order valence-electron chi connectivity index (χ0n) is 13.0. The lowest BCUT2D eigenvalue weighted by atomic mass is 10.1. The number of aromatic amines is 1. The molecule has 0 unspecified atom stereocenters. The van der Waals surface area contributed by atoms with Gasteiger partial charge in [0.2, 0.25) is 0 Å². The number of fused-ring (bicyclic) bond motifs is 3. The second-order valence-corrected chi connectivity index (χ2v) is 5.60. The summed E-state index contributed by atoms with van der Waals surface area (Å²) in [5, 5.41) is 13.8. The summed E-state index contributed by atoms with van der Waals surface area (Å²) in [6.07, 6.45) is 7.13. The molecule has 0 saturated heterocycles. The molecule has 2 N–H and O–H groups in total. The number of allylic oxidation sites excluding steroid dienone is 2. The number of halogens is 1. The van der Waals surface area contributed by atoms with E-state index in [1.807, 2.05) is 19.1 Å². The van der Waals surface area contributed by atoms with E-state index >= 15 is 0 Å². The number of nitrogens with zero attached hydrogens (tertiary/aromatic N) is 4. The first-order valence-corrected chi connectivity index (χ1v) is 7.77. The van der Waals surface area contributed by atoms with E-state index in [2.05, 4.69) is 30.7 Å². The number of anilines is 1. The van der Waals surface area contributed by atoms with E-state index < -0.39 is 0 Å². The Balaban J connectivity index is 1.78. The van der Waals surface area contributed by atoms with Gasteiger partial charge in [-0.05, 0) is 43.5 Å². The monoisotopic (exact) mass is 342 g/mol. The summed E-state index contributed by atoms with van der Waals surface area (Å²) in [5.74, 6) is 0.303. The molecule has 122 valence electrons.